The molecule has 5 heterocycles. The van der Waals surface area contributed by atoms with Crippen LogP contribution in [0.3, 0.4) is 0 Å². The van der Waals surface area contributed by atoms with Gasteiger partial charge in [-0.1, -0.05) is 12.7 Å². The van der Waals surface area contributed by atoms with E-state index >= 15 is 0 Å². The van der Waals surface area contributed by atoms with Gasteiger partial charge in [-0.25, -0.2) is 9.97 Å². The molecule has 0 amide bonds. The number of esters is 2. The standard InChI is InChI=1S/C36H36F2N4O4/c1-8-22-18(2)28-16-33-25(13-34(37)38)21(5)27(42-33)14-26-19(3)23(9-11-35(43)45-6)31(40-26)17-32-24(10-12-36(44)46-7)20(4)29(41-32)15-30(22)39-28/h8,13-17,39,41H,1,9-12H2,2-7H3. The van der Waals surface area contributed by atoms with Crippen LogP contribution in [0, 0.1) is 13.8 Å². The summed E-state index contributed by atoms with van der Waals surface area (Å²) in [7, 11) is 2.72. The Labute approximate surface area is 265 Å². The lowest BCUT2D eigenvalue weighted by Crippen LogP contribution is -2.02. The van der Waals surface area contributed by atoms with Gasteiger partial charge in [0, 0.05) is 52.1 Å². The maximum absolute atomic E-state index is 13.7. The van der Waals surface area contributed by atoms with E-state index in [0.717, 1.165) is 56.0 Å². The van der Waals surface area contributed by atoms with Crippen LogP contribution in [0.1, 0.15) is 78.1 Å². The van der Waals surface area contributed by atoms with Crippen molar-refractivity contribution in [3.8, 4) is 0 Å². The molecular weight excluding hydrogens is 590 g/mol. The predicted octanol–water partition coefficient (Wildman–Crippen LogP) is 8.28. The van der Waals surface area contributed by atoms with Gasteiger partial charge in [0.2, 0.25) is 0 Å². The van der Waals surface area contributed by atoms with Gasteiger partial charge in [0.1, 0.15) is 0 Å². The quantitative estimate of drug-likeness (QED) is 0.244. The fourth-order valence-electron chi connectivity index (χ4n) is 6.00. The zero-order chi connectivity index (χ0) is 33.3. The number of aromatic amines is 2. The Morgan fingerprint density at radius 1 is 0.761 bits per heavy atom. The summed E-state index contributed by atoms with van der Waals surface area (Å²) in [5, 5.41) is 0. The van der Waals surface area contributed by atoms with E-state index in [2.05, 4.69) is 16.5 Å². The van der Waals surface area contributed by atoms with Crippen LogP contribution in [0.4, 0.5) is 8.78 Å². The average Bonchev–Trinajstić information content (AvgIpc) is 3.68. The van der Waals surface area contributed by atoms with Crippen molar-refractivity contribution in [3.63, 3.8) is 0 Å². The molecule has 0 saturated carbocycles. The summed E-state index contributed by atoms with van der Waals surface area (Å²) in [6.07, 6.45) is 1.92. The molecule has 238 valence electrons. The van der Waals surface area contributed by atoms with Gasteiger partial charge in [0.05, 0.1) is 37.0 Å². The average molecular weight is 627 g/mol. The SMILES string of the molecule is C=Cc1c(C)c2cc3nc(cc4nc(cc5[nH]c(cc1[nH]2)c(C)c5CCC(=O)OC)C(CCC(=O)OC)=C4C)C(C)=C3C=C(F)F. The highest BCUT2D eigenvalue weighted by atomic mass is 19.3. The number of rotatable bonds is 8. The number of halogens is 2. The lowest BCUT2D eigenvalue weighted by atomic mass is 10.00. The minimum absolute atomic E-state index is 0.150. The van der Waals surface area contributed by atoms with Crippen LogP contribution < -0.4 is 0 Å². The molecule has 2 N–H and O–H groups in total. The zero-order valence-electron chi connectivity index (χ0n) is 26.8. The van der Waals surface area contributed by atoms with Crippen molar-refractivity contribution in [3.05, 3.63) is 88.0 Å². The van der Waals surface area contributed by atoms with E-state index in [0.29, 0.717) is 52.3 Å². The van der Waals surface area contributed by atoms with Crippen molar-refractivity contribution >= 4 is 62.4 Å². The molecule has 0 atom stereocenters. The van der Waals surface area contributed by atoms with Crippen molar-refractivity contribution in [1.82, 2.24) is 19.9 Å². The second-order valence-electron chi connectivity index (χ2n) is 11.3. The first-order valence-corrected chi connectivity index (χ1v) is 14.9. The van der Waals surface area contributed by atoms with Gasteiger partial charge in [-0.05, 0) is 98.2 Å². The molecule has 0 unspecified atom stereocenters. The van der Waals surface area contributed by atoms with Crippen LogP contribution in [-0.2, 0) is 25.5 Å². The van der Waals surface area contributed by atoms with Gasteiger partial charge in [-0.2, -0.15) is 8.78 Å². The molecule has 0 radical (unpaired) electrons. The zero-order valence-corrected chi connectivity index (χ0v) is 26.8. The van der Waals surface area contributed by atoms with Crippen molar-refractivity contribution in [2.24, 2.45) is 0 Å². The van der Waals surface area contributed by atoms with E-state index in [1.54, 1.807) is 25.1 Å². The van der Waals surface area contributed by atoms with Gasteiger partial charge < -0.3 is 19.4 Å². The lowest BCUT2D eigenvalue weighted by Gasteiger charge is -2.04. The van der Waals surface area contributed by atoms with Crippen LogP contribution in [0.25, 0.3) is 50.4 Å². The second kappa shape index (κ2) is 13.1. The van der Waals surface area contributed by atoms with Crippen LogP contribution in [0.15, 0.2) is 43.0 Å². The summed E-state index contributed by atoms with van der Waals surface area (Å²) in [6, 6.07) is 7.46. The van der Waals surface area contributed by atoms with Gasteiger partial charge in [0.15, 0.2) is 0 Å². The number of hydrogen-bond donors (Lipinski definition) is 2. The van der Waals surface area contributed by atoms with E-state index < -0.39 is 6.08 Å². The number of carbonyl (C=O) groups excluding carboxylic acids is 2. The first-order valence-electron chi connectivity index (χ1n) is 14.9. The Morgan fingerprint density at radius 3 is 2.00 bits per heavy atom. The monoisotopic (exact) mass is 626 g/mol. The topological polar surface area (TPSA) is 110 Å². The van der Waals surface area contributed by atoms with Crippen LogP contribution in [-0.4, -0.2) is 46.1 Å². The van der Waals surface area contributed by atoms with Gasteiger partial charge in [-0.3, -0.25) is 9.59 Å². The number of carbonyl (C=O) groups is 2. The minimum Gasteiger partial charge on any atom is -0.469 e. The number of H-pyrrole nitrogens is 2. The number of allylic oxidation sites excluding steroid dienone is 5. The van der Waals surface area contributed by atoms with E-state index in [9.17, 15) is 18.4 Å². The van der Waals surface area contributed by atoms with E-state index in [4.69, 9.17) is 19.4 Å². The number of nitrogens with zero attached hydrogens (tertiary/aromatic N) is 2. The van der Waals surface area contributed by atoms with Crippen LogP contribution in [0.2, 0.25) is 0 Å². The molecule has 0 spiro atoms. The number of methoxy groups -OCH3 is 2. The highest BCUT2D eigenvalue weighted by molar-refractivity contribution is 5.98. The fourth-order valence-corrected chi connectivity index (χ4v) is 6.00. The molecule has 5 rings (SSSR count). The van der Waals surface area contributed by atoms with Crippen molar-refractivity contribution < 1.29 is 27.8 Å². The Hall–Kier alpha value is -5.12. The normalized spacial score (nSPS) is 12.8. The highest BCUT2D eigenvalue weighted by Crippen LogP contribution is 2.37. The first-order chi connectivity index (χ1) is 21.9. The number of aryl methyl sites for hydroxylation is 3. The molecule has 0 saturated heterocycles. The molecule has 10 heteroatoms. The number of aromatic nitrogens is 4. The molecule has 8 nitrogen and oxygen atoms in total. The summed E-state index contributed by atoms with van der Waals surface area (Å²) in [4.78, 5) is 41.0. The maximum Gasteiger partial charge on any atom is 0.305 e. The van der Waals surface area contributed by atoms with E-state index in [1.165, 1.54) is 14.2 Å². The van der Waals surface area contributed by atoms with E-state index in [-0.39, 0.29) is 24.8 Å². The van der Waals surface area contributed by atoms with Crippen molar-refractivity contribution in [2.75, 3.05) is 14.2 Å². The summed E-state index contributed by atoms with van der Waals surface area (Å²) in [6.45, 7) is 11.6. The second-order valence-corrected chi connectivity index (χ2v) is 11.3. The Kier molecular flexibility index (Phi) is 9.18. The van der Waals surface area contributed by atoms with Crippen molar-refractivity contribution in [2.45, 2.75) is 53.4 Å². The summed E-state index contributed by atoms with van der Waals surface area (Å²) in [5.41, 5.74) is 11.4. The fraction of sp³-hybridized carbons (Fsp3) is 0.278. The van der Waals surface area contributed by atoms with Crippen LogP contribution >= 0.6 is 0 Å². The summed E-state index contributed by atoms with van der Waals surface area (Å²) < 4.78 is 37.2. The van der Waals surface area contributed by atoms with Crippen LogP contribution in [0.5, 0.6) is 0 Å². The Morgan fingerprint density at radius 2 is 1.35 bits per heavy atom. The molecule has 0 aromatic carbocycles. The maximum atomic E-state index is 13.7. The largest absolute Gasteiger partial charge is 0.469 e. The number of hydrogen-bond acceptors (Lipinski definition) is 6. The Balaban J connectivity index is 1.92. The van der Waals surface area contributed by atoms with Gasteiger partial charge >= 0.3 is 11.9 Å². The third kappa shape index (κ3) is 6.20. The smallest absolute Gasteiger partial charge is 0.305 e. The molecule has 2 aliphatic heterocycles. The lowest BCUT2D eigenvalue weighted by molar-refractivity contribution is -0.141. The van der Waals surface area contributed by atoms with Crippen molar-refractivity contribution in [1.29, 1.82) is 0 Å². The molecular formula is C36H36F2N4O4. The minimum atomic E-state index is -1.82. The third-order valence-corrected chi connectivity index (χ3v) is 8.71. The molecule has 8 bridgehead atoms. The molecule has 0 aliphatic carbocycles. The third-order valence-electron chi connectivity index (χ3n) is 8.71. The molecule has 46 heavy (non-hydrogen) atoms. The van der Waals surface area contributed by atoms with Gasteiger partial charge in [-0.15, -0.1) is 0 Å². The molecule has 0 fully saturated rings. The van der Waals surface area contributed by atoms with E-state index in [1.807, 2.05) is 32.9 Å². The number of fused-ring (bicyclic) bond motifs is 8. The number of nitrogens with one attached hydrogen (secondary N) is 2. The number of ether oxygens (including phenoxy) is 2. The summed E-state index contributed by atoms with van der Waals surface area (Å²) in [5.74, 6) is -0.667. The Bertz CT molecular complexity index is 2040. The molecule has 2 aliphatic rings. The molecule has 3 aromatic rings. The highest BCUT2D eigenvalue weighted by Gasteiger charge is 2.22. The first kappa shape index (κ1) is 32.3. The predicted molar refractivity (Wildman–Crippen MR) is 177 cm³/mol. The molecule has 3 aromatic heterocycles. The van der Waals surface area contributed by atoms with Gasteiger partial charge in [0.25, 0.3) is 6.08 Å². The summed E-state index contributed by atoms with van der Waals surface area (Å²) >= 11 is 0.